The molecule has 0 bridgehead atoms. The summed E-state index contributed by atoms with van der Waals surface area (Å²) < 4.78 is 0. The van der Waals surface area contributed by atoms with Crippen molar-refractivity contribution >= 4 is 11.6 Å². The van der Waals surface area contributed by atoms with Crippen molar-refractivity contribution in [2.75, 3.05) is 0 Å². The molecule has 2 heteroatoms. The summed E-state index contributed by atoms with van der Waals surface area (Å²) in [6.07, 6.45) is 4.13. The van der Waals surface area contributed by atoms with Gasteiger partial charge in [-0.25, -0.2) is 0 Å². The van der Waals surface area contributed by atoms with Crippen molar-refractivity contribution in [3.05, 3.63) is 11.1 Å². The molecule has 0 radical (unpaired) electrons. The molecule has 0 aromatic heterocycles. The highest BCUT2D eigenvalue weighted by Gasteiger charge is 2.30. The standard InChI is InChI=1S/C13H23ClO/c1-9(2)11-4-5-13(15)12(7-11)6-10(3)8-14/h8-9,11-13,15H,4-7H2,1-3H3. The lowest BCUT2D eigenvalue weighted by molar-refractivity contribution is 0.0379. The molecule has 0 spiro atoms. The molecule has 1 nitrogen and oxygen atoms in total. The van der Waals surface area contributed by atoms with Gasteiger partial charge in [0.15, 0.2) is 0 Å². The smallest absolute Gasteiger partial charge is 0.0571 e. The topological polar surface area (TPSA) is 20.2 Å². The highest BCUT2D eigenvalue weighted by atomic mass is 35.5. The van der Waals surface area contributed by atoms with Crippen molar-refractivity contribution in [3.63, 3.8) is 0 Å². The van der Waals surface area contributed by atoms with E-state index in [-0.39, 0.29) is 6.10 Å². The van der Waals surface area contributed by atoms with Crippen LogP contribution in [0.2, 0.25) is 0 Å². The SMILES string of the molecule is CC(=CCl)CC1CC(C(C)C)CCC1O. The molecule has 0 aromatic carbocycles. The molecule has 0 aromatic rings. The van der Waals surface area contributed by atoms with Crippen LogP contribution in [0.1, 0.15) is 46.5 Å². The molecule has 1 aliphatic rings. The van der Waals surface area contributed by atoms with Gasteiger partial charge in [-0.3, -0.25) is 0 Å². The predicted octanol–water partition coefficient (Wildman–Crippen LogP) is 3.95. The van der Waals surface area contributed by atoms with Gasteiger partial charge in [-0.05, 0) is 50.4 Å². The number of hydrogen-bond donors (Lipinski definition) is 1. The van der Waals surface area contributed by atoms with Crippen LogP contribution >= 0.6 is 11.6 Å². The fraction of sp³-hybridized carbons (Fsp3) is 0.846. The Kier molecular flexibility index (Phi) is 5.14. The molecule has 1 fully saturated rings. The van der Waals surface area contributed by atoms with Crippen LogP contribution in [-0.4, -0.2) is 11.2 Å². The Balaban J connectivity index is 2.53. The highest BCUT2D eigenvalue weighted by molar-refractivity contribution is 6.25. The van der Waals surface area contributed by atoms with Crippen LogP contribution < -0.4 is 0 Å². The van der Waals surface area contributed by atoms with Crippen LogP contribution in [0.15, 0.2) is 11.1 Å². The molecule has 1 rings (SSSR count). The van der Waals surface area contributed by atoms with Crippen molar-refractivity contribution in [2.45, 2.75) is 52.6 Å². The first kappa shape index (κ1) is 13.1. The van der Waals surface area contributed by atoms with E-state index in [0.717, 1.165) is 31.1 Å². The van der Waals surface area contributed by atoms with E-state index in [2.05, 4.69) is 13.8 Å². The summed E-state index contributed by atoms with van der Waals surface area (Å²) in [6, 6.07) is 0. The van der Waals surface area contributed by atoms with Crippen LogP contribution in [0.3, 0.4) is 0 Å². The van der Waals surface area contributed by atoms with Gasteiger partial charge in [-0.2, -0.15) is 0 Å². The summed E-state index contributed by atoms with van der Waals surface area (Å²) >= 11 is 5.67. The normalized spacial score (nSPS) is 33.5. The Morgan fingerprint density at radius 3 is 2.67 bits per heavy atom. The lowest BCUT2D eigenvalue weighted by Crippen LogP contribution is -2.31. The summed E-state index contributed by atoms with van der Waals surface area (Å²) in [7, 11) is 0. The molecule has 1 N–H and O–H groups in total. The average molecular weight is 231 g/mol. The van der Waals surface area contributed by atoms with Crippen LogP contribution in [0.25, 0.3) is 0 Å². The molecular weight excluding hydrogens is 208 g/mol. The minimum atomic E-state index is -0.119. The van der Waals surface area contributed by atoms with Gasteiger partial charge in [0.1, 0.15) is 0 Å². The summed E-state index contributed by atoms with van der Waals surface area (Å²) in [4.78, 5) is 0. The number of allylic oxidation sites excluding steroid dienone is 1. The molecule has 3 unspecified atom stereocenters. The van der Waals surface area contributed by atoms with E-state index < -0.39 is 0 Å². The van der Waals surface area contributed by atoms with Crippen LogP contribution in [-0.2, 0) is 0 Å². The Morgan fingerprint density at radius 2 is 2.13 bits per heavy atom. The number of aliphatic hydroxyl groups excluding tert-OH is 1. The molecular formula is C13H23ClO. The zero-order valence-corrected chi connectivity index (χ0v) is 10.8. The molecule has 1 aliphatic carbocycles. The monoisotopic (exact) mass is 230 g/mol. The summed E-state index contributed by atoms with van der Waals surface area (Å²) in [5.74, 6) is 1.93. The minimum Gasteiger partial charge on any atom is -0.393 e. The third-order valence-corrected chi connectivity index (χ3v) is 4.07. The summed E-state index contributed by atoms with van der Waals surface area (Å²) in [5, 5.41) is 9.94. The maximum atomic E-state index is 9.94. The van der Waals surface area contributed by atoms with Crippen LogP contribution in [0.4, 0.5) is 0 Å². The summed E-state index contributed by atoms with van der Waals surface area (Å²) in [5.41, 5.74) is 2.83. The van der Waals surface area contributed by atoms with E-state index in [1.165, 1.54) is 12.0 Å². The van der Waals surface area contributed by atoms with Crippen molar-refractivity contribution in [2.24, 2.45) is 17.8 Å². The average Bonchev–Trinajstić information content (AvgIpc) is 2.20. The van der Waals surface area contributed by atoms with Crippen LogP contribution in [0.5, 0.6) is 0 Å². The lowest BCUT2D eigenvalue weighted by atomic mass is 9.73. The first-order valence-corrected chi connectivity index (χ1v) is 6.42. The Labute approximate surface area is 98.5 Å². The van der Waals surface area contributed by atoms with E-state index in [4.69, 9.17) is 11.6 Å². The second-order valence-corrected chi connectivity index (χ2v) is 5.52. The minimum absolute atomic E-state index is 0.119. The van der Waals surface area contributed by atoms with Gasteiger partial charge in [0.2, 0.25) is 0 Å². The van der Waals surface area contributed by atoms with Gasteiger partial charge in [0.25, 0.3) is 0 Å². The van der Waals surface area contributed by atoms with Crippen LogP contribution in [0, 0.1) is 17.8 Å². The molecule has 15 heavy (non-hydrogen) atoms. The van der Waals surface area contributed by atoms with Crippen molar-refractivity contribution in [1.29, 1.82) is 0 Å². The maximum absolute atomic E-state index is 9.94. The molecule has 0 amide bonds. The Bertz CT molecular complexity index is 223. The van der Waals surface area contributed by atoms with Gasteiger partial charge in [0, 0.05) is 5.54 Å². The molecule has 0 heterocycles. The molecule has 0 saturated heterocycles. The zero-order valence-electron chi connectivity index (χ0n) is 10.0. The molecule has 88 valence electrons. The predicted molar refractivity (Wildman–Crippen MR) is 65.9 cm³/mol. The lowest BCUT2D eigenvalue weighted by Gasteiger charge is -2.35. The highest BCUT2D eigenvalue weighted by Crippen LogP contribution is 2.36. The van der Waals surface area contributed by atoms with Gasteiger partial charge in [-0.1, -0.05) is 31.0 Å². The first-order valence-electron chi connectivity index (χ1n) is 5.98. The maximum Gasteiger partial charge on any atom is 0.0571 e. The summed E-state index contributed by atoms with van der Waals surface area (Å²) in [6.45, 7) is 6.60. The van der Waals surface area contributed by atoms with Crippen molar-refractivity contribution in [1.82, 2.24) is 0 Å². The number of hydrogen-bond acceptors (Lipinski definition) is 1. The number of halogens is 1. The zero-order chi connectivity index (χ0) is 11.4. The van der Waals surface area contributed by atoms with Crippen molar-refractivity contribution in [3.8, 4) is 0 Å². The van der Waals surface area contributed by atoms with Gasteiger partial charge >= 0.3 is 0 Å². The van der Waals surface area contributed by atoms with E-state index in [0.29, 0.717) is 5.92 Å². The van der Waals surface area contributed by atoms with E-state index in [1.807, 2.05) is 6.92 Å². The third-order valence-electron chi connectivity index (χ3n) is 3.70. The van der Waals surface area contributed by atoms with Crippen molar-refractivity contribution < 1.29 is 5.11 Å². The second-order valence-electron chi connectivity index (χ2n) is 5.30. The molecule has 3 atom stereocenters. The van der Waals surface area contributed by atoms with E-state index >= 15 is 0 Å². The quantitative estimate of drug-likeness (QED) is 0.779. The molecule has 0 aliphatic heterocycles. The fourth-order valence-electron chi connectivity index (χ4n) is 2.57. The number of aliphatic hydroxyl groups is 1. The second kappa shape index (κ2) is 5.91. The van der Waals surface area contributed by atoms with Gasteiger partial charge < -0.3 is 5.11 Å². The molecule has 1 saturated carbocycles. The van der Waals surface area contributed by atoms with Gasteiger partial charge in [-0.15, -0.1) is 0 Å². The van der Waals surface area contributed by atoms with E-state index in [9.17, 15) is 5.11 Å². The van der Waals surface area contributed by atoms with E-state index in [1.54, 1.807) is 5.54 Å². The largest absolute Gasteiger partial charge is 0.393 e. The fourth-order valence-corrected chi connectivity index (χ4v) is 2.66. The van der Waals surface area contributed by atoms with Gasteiger partial charge in [0.05, 0.1) is 6.10 Å². The Hall–Kier alpha value is -0.0100. The Morgan fingerprint density at radius 1 is 1.47 bits per heavy atom. The number of rotatable bonds is 3. The third kappa shape index (κ3) is 3.81. The first-order chi connectivity index (χ1) is 7.04.